The second-order valence-electron chi connectivity index (χ2n) is 2.99. The summed E-state index contributed by atoms with van der Waals surface area (Å²) in [7, 11) is 0. The topological polar surface area (TPSA) is 63.8 Å². The van der Waals surface area contributed by atoms with E-state index in [1.165, 1.54) is 11.5 Å². The van der Waals surface area contributed by atoms with Gasteiger partial charge in [-0.3, -0.25) is 0 Å². The van der Waals surface area contributed by atoms with E-state index in [0.29, 0.717) is 11.0 Å². The second kappa shape index (κ2) is 4.10. The summed E-state index contributed by atoms with van der Waals surface area (Å²) >= 11 is 1.22. The second-order valence-corrected chi connectivity index (χ2v) is 3.74. The molecule has 3 N–H and O–H groups in total. The van der Waals surface area contributed by atoms with E-state index in [2.05, 4.69) is 20.6 Å². The third-order valence-electron chi connectivity index (χ3n) is 1.57. The van der Waals surface area contributed by atoms with Crippen molar-refractivity contribution in [3.8, 4) is 12.3 Å². The minimum atomic E-state index is -0.0210. The van der Waals surface area contributed by atoms with Gasteiger partial charge in [-0.1, -0.05) is 19.8 Å². The Morgan fingerprint density at radius 2 is 2.31 bits per heavy atom. The highest BCUT2D eigenvalue weighted by molar-refractivity contribution is 7.09. The van der Waals surface area contributed by atoms with Crippen LogP contribution in [-0.2, 0) is 0 Å². The Hall–Kier alpha value is -1.28. The van der Waals surface area contributed by atoms with Gasteiger partial charge in [0.05, 0.1) is 6.04 Å². The summed E-state index contributed by atoms with van der Waals surface area (Å²) in [5.74, 6) is 3.29. The number of hydrogen-bond acceptors (Lipinski definition) is 5. The summed E-state index contributed by atoms with van der Waals surface area (Å²) in [4.78, 5) is 3.96. The third kappa shape index (κ3) is 2.60. The van der Waals surface area contributed by atoms with Gasteiger partial charge in [0.15, 0.2) is 0 Å². The lowest BCUT2D eigenvalue weighted by Crippen LogP contribution is -2.23. The van der Waals surface area contributed by atoms with Crippen molar-refractivity contribution in [1.29, 1.82) is 0 Å². The predicted octanol–water partition coefficient (Wildman–Crippen LogP) is 1.19. The zero-order chi connectivity index (χ0) is 9.84. The van der Waals surface area contributed by atoms with Crippen LogP contribution in [0.3, 0.4) is 0 Å². The molecule has 1 rings (SSSR count). The van der Waals surface area contributed by atoms with Gasteiger partial charge in [0.1, 0.15) is 0 Å². The molecule has 0 bridgehead atoms. The van der Waals surface area contributed by atoms with Gasteiger partial charge in [-0.25, -0.2) is 0 Å². The van der Waals surface area contributed by atoms with E-state index in [9.17, 15) is 0 Å². The number of nitrogens with zero attached hydrogens (tertiary/aromatic N) is 2. The first-order valence-electron chi connectivity index (χ1n) is 3.95. The van der Waals surface area contributed by atoms with Gasteiger partial charge in [0, 0.05) is 11.5 Å². The van der Waals surface area contributed by atoms with Crippen molar-refractivity contribution in [3.05, 3.63) is 0 Å². The third-order valence-corrected chi connectivity index (χ3v) is 2.23. The van der Waals surface area contributed by atoms with Crippen molar-refractivity contribution in [2.75, 3.05) is 11.1 Å². The van der Waals surface area contributed by atoms with Crippen LogP contribution in [-0.4, -0.2) is 15.4 Å². The summed E-state index contributed by atoms with van der Waals surface area (Å²) in [5, 5.41) is 3.75. The van der Waals surface area contributed by atoms with E-state index in [1.54, 1.807) is 0 Å². The number of nitrogen functional groups attached to an aromatic ring is 1. The maximum atomic E-state index is 5.37. The van der Waals surface area contributed by atoms with E-state index >= 15 is 0 Å². The van der Waals surface area contributed by atoms with Crippen molar-refractivity contribution < 1.29 is 0 Å². The minimum Gasteiger partial charge on any atom is -0.367 e. The van der Waals surface area contributed by atoms with Crippen molar-refractivity contribution in [1.82, 2.24) is 9.36 Å². The fourth-order valence-electron chi connectivity index (χ4n) is 0.827. The van der Waals surface area contributed by atoms with Crippen molar-refractivity contribution >= 4 is 22.6 Å². The van der Waals surface area contributed by atoms with Gasteiger partial charge in [-0.15, -0.1) is 6.42 Å². The number of nitrogens with one attached hydrogen (secondary N) is 1. The molecule has 5 heteroatoms. The van der Waals surface area contributed by atoms with Gasteiger partial charge >= 0.3 is 0 Å². The van der Waals surface area contributed by atoms with Crippen LogP contribution in [0, 0.1) is 18.3 Å². The summed E-state index contributed by atoms with van der Waals surface area (Å²) in [6, 6.07) is -0.0210. The predicted molar refractivity (Wildman–Crippen MR) is 55.4 cm³/mol. The van der Waals surface area contributed by atoms with Crippen LogP contribution in [0.5, 0.6) is 0 Å². The molecule has 0 fully saturated rings. The summed E-state index contributed by atoms with van der Waals surface area (Å²) in [6.07, 6.45) is 5.34. The minimum absolute atomic E-state index is 0.0210. The van der Waals surface area contributed by atoms with Crippen LogP contribution in [0.25, 0.3) is 0 Å². The number of anilines is 2. The molecule has 0 saturated heterocycles. The van der Waals surface area contributed by atoms with Gasteiger partial charge in [0.2, 0.25) is 11.1 Å². The Labute approximate surface area is 81.7 Å². The van der Waals surface area contributed by atoms with Crippen molar-refractivity contribution in [2.45, 2.75) is 19.9 Å². The normalized spacial score (nSPS) is 12.5. The number of nitrogens with two attached hydrogens (primary N) is 1. The highest BCUT2D eigenvalue weighted by Gasteiger charge is 2.11. The van der Waals surface area contributed by atoms with Crippen LogP contribution in [0.15, 0.2) is 0 Å². The van der Waals surface area contributed by atoms with Crippen LogP contribution in [0.1, 0.15) is 13.8 Å². The molecule has 1 aromatic heterocycles. The van der Waals surface area contributed by atoms with Crippen LogP contribution in [0.2, 0.25) is 0 Å². The SMILES string of the molecule is C#CC(Nc1nc(N)ns1)C(C)C. The van der Waals surface area contributed by atoms with Gasteiger partial charge in [-0.05, 0) is 5.92 Å². The van der Waals surface area contributed by atoms with Crippen molar-refractivity contribution in [3.63, 3.8) is 0 Å². The summed E-state index contributed by atoms with van der Waals surface area (Å²) in [5.41, 5.74) is 5.37. The Kier molecular flexibility index (Phi) is 3.09. The quantitative estimate of drug-likeness (QED) is 0.713. The molecule has 0 aliphatic carbocycles. The van der Waals surface area contributed by atoms with Gasteiger partial charge in [-0.2, -0.15) is 9.36 Å². The fraction of sp³-hybridized carbons (Fsp3) is 0.500. The van der Waals surface area contributed by atoms with E-state index in [0.717, 1.165) is 0 Å². The molecule has 0 amide bonds. The molecular weight excluding hydrogens is 184 g/mol. The van der Waals surface area contributed by atoms with Crippen molar-refractivity contribution in [2.24, 2.45) is 5.92 Å². The summed E-state index contributed by atoms with van der Waals surface area (Å²) < 4.78 is 3.84. The Bertz CT molecular complexity index is 312. The maximum absolute atomic E-state index is 5.37. The summed E-state index contributed by atoms with van der Waals surface area (Å²) in [6.45, 7) is 4.09. The lowest BCUT2D eigenvalue weighted by Gasteiger charge is -2.14. The molecular formula is C8H12N4S. The monoisotopic (exact) mass is 196 g/mol. The molecule has 0 aromatic carbocycles. The zero-order valence-electron chi connectivity index (χ0n) is 7.61. The molecule has 70 valence electrons. The number of terminal acetylenes is 1. The smallest absolute Gasteiger partial charge is 0.233 e. The molecule has 0 radical (unpaired) electrons. The average molecular weight is 196 g/mol. The zero-order valence-corrected chi connectivity index (χ0v) is 8.43. The molecule has 1 unspecified atom stereocenters. The molecule has 0 spiro atoms. The fourth-order valence-corrected chi connectivity index (χ4v) is 1.36. The highest BCUT2D eigenvalue weighted by atomic mass is 32.1. The largest absolute Gasteiger partial charge is 0.367 e. The average Bonchev–Trinajstić information content (AvgIpc) is 2.46. The van der Waals surface area contributed by atoms with Crippen LogP contribution in [0.4, 0.5) is 11.1 Å². The first-order valence-corrected chi connectivity index (χ1v) is 4.72. The van der Waals surface area contributed by atoms with E-state index in [-0.39, 0.29) is 12.0 Å². The molecule has 13 heavy (non-hydrogen) atoms. The Morgan fingerprint density at radius 1 is 1.62 bits per heavy atom. The molecule has 1 atom stereocenters. The van der Waals surface area contributed by atoms with Crippen LogP contribution < -0.4 is 11.1 Å². The van der Waals surface area contributed by atoms with E-state index in [4.69, 9.17) is 12.2 Å². The van der Waals surface area contributed by atoms with E-state index < -0.39 is 0 Å². The lowest BCUT2D eigenvalue weighted by atomic mass is 10.1. The van der Waals surface area contributed by atoms with Gasteiger partial charge < -0.3 is 11.1 Å². The molecule has 0 saturated carbocycles. The first-order chi connectivity index (χ1) is 6.13. The highest BCUT2D eigenvalue weighted by Crippen LogP contribution is 2.15. The maximum Gasteiger partial charge on any atom is 0.233 e. The molecule has 0 aliphatic rings. The van der Waals surface area contributed by atoms with Crippen LogP contribution >= 0.6 is 11.5 Å². The Balaban J connectivity index is 2.63. The number of rotatable bonds is 3. The lowest BCUT2D eigenvalue weighted by molar-refractivity contribution is 0.614. The Morgan fingerprint density at radius 3 is 2.69 bits per heavy atom. The standard InChI is InChI=1S/C8H12N4S/c1-4-6(5(2)3)10-8-11-7(9)12-13-8/h1,5-6H,2-3H3,(H3,9,10,11,12). The molecule has 4 nitrogen and oxygen atoms in total. The molecule has 1 heterocycles. The first kappa shape index (κ1) is 9.81. The number of hydrogen-bond donors (Lipinski definition) is 2. The molecule has 0 aliphatic heterocycles. The van der Waals surface area contributed by atoms with Gasteiger partial charge in [0.25, 0.3) is 0 Å². The number of aromatic nitrogens is 2. The molecule has 1 aromatic rings. The van der Waals surface area contributed by atoms with E-state index in [1.807, 2.05) is 13.8 Å².